The molecule has 2 heterocycles. The number of nitrogens with zero attached hydrogens (tertiary/aromatic N) is 3. The molecule has 0 saturated carbocycles. The number of pyridine rings is 1. The largest absolute Gasteiger partial charge is 0.481 e. The molecule has 1 aliphatic rings. The van der Waals surface area contributed by atoms with Crippen molar-refractivity contribution in [1.82, 2.24) is 20.5 Å². The summed E-state index contributed by atoms with van der Waals surface area (Å²) < 4.78 is 10.8. The number of rotatable bonds is 8. The highest BCUT2D eigenvalue weighted by molar-refractivity contribution is 14.0. The van der Waals surface area contributed by atoms with Crippen molar-refractivity contribution in [3.63, 3.8) is 0 Å². The molecule has 1 aromatic carbocycles. The third-order valence-electron chi connectivity index (χ3n) is 4.86. The van der Waals surface area contributed by atoms with Gasteiger partial charge in [0.05, 0.1) is 26.9 Å². The standard InChI is InChI=1S/C22H31N5O2.HI/c1-3-23-22(26-16-19-9-6-10-24-21(19)28-2)25-15-18-7-4-5-8-20(18)17-27-11-13-29-14-12-27;/h4-10H,3,11-17H2,1-2H3,(H2,23,25,26);1H. The lowest BCUT2D eigenvalue weighted by Crippen LogP contribution is -2.38. The van der Waals surface area contributed by atoms with Crippen molar-refractivity contribution in [2.24, 2.45) is 4.99 Å². The monoisotopic (exact) mass is 525 g/mol. The fraction of sp³-hybridized carbons (Fsp3) is 0.455. The van der Waals surface area contributed by atoms with Gasteiger partial charge in [-0.15, -0.1) is 24.0 Å². The van der Waals surface area contributed by atoms with Gasteiger partial charge in [0.25, 0.3) is 0 Å². The van der Waals surface area contributed by atoms with E-state index in [2.05, 4.69) is 51.7 Å². The van der Waals surface area contributed by atoms with Gasteiger partial charge in [0.2, 0.25) is 5.88 Å². The minimum Gasteiger partial charge on any atom is -0.481 e. The van der Waals surface area contributed by atoms with Crippen LogP contribution < -0.4 is 15.4 Å². The Morgan fingerprint density at radius 2 is 1.83 bits per heavy atom. The van der Waals surface area contributed by atoms with Crippen LogP contribution in [-0.2, 0) is 24.4 Å². The Kier molecular flexibility index (Phi) is 10.9. The number of aromatic nitrogens is 1. The number of methoxy groups -OCH3 is 1. The average molecular weight is 525 g/mol. The van der Waals surface area contributed by atoms with Gasteiger partial charge in [0.1, 0.15) is 0 Å². The average Bonchev–Trinajstić information content (AvgIpc) is 2.77. The Hall–Kier alpha value is -1.91. The van der Waals surface area contributed by atoms with Gasteiger partial charge in [-0.25, -0.2) is 9.98 Å². The topological polar surface area (TPSA) is 71.0 Å². The predicted octanol–water partition coefficient (Wildman–Crippen LogP) is 2.80. The van der Waals surface area contributed by atoms with Crippen LogP contribution in [0.15, 0.2) is 47.6 Å². The number of ether oxygens (including phenoxy) is 2. The minimum absolute atomic E-state index is 0. The highest BCUT2D eigenvalue weighted by atomic mass is 127. The lowest BCUT2D eigenvalue weighted by molar-refractivity contribution is 0.0341. The molecular formula is C22H32IN5O2. The summed E-state index contributed by atoms with van der Waals surface area (Å²) in [5.74, 6) is 1.39. The van der Waals surface area contributed by atoms with Crippen LogP contribution in [0.4, 0.5) is 0 Å². The van der Waals surface area contributed by atoms with Crippen molar-refractivity contribution in [3.05, 3.63) is 59.3 Å². The van der Waals surface area contributed by atoms with Crippen molar-refractivity contribution >= 4 is 29.9 Å². The molecular weight excluding hydrogens is 493 g/mol. The number of morpholine rings is 1. The minimum atomic E-state index is 0. The molecule has 8 heteroatoms. The Bertz CT molecular complexity index is 797. The van der Waals surface area contributed by atoms with Crippen LogP contribution in [-0.4, -0.2) is 55.8 Å². The molecule has 1 saturated heterocycles. The SMILES string of the molecule is CCNC(=NCc1cccnc1OC)NCc1ccccc1CN1CCOCC1.I. The molecule has 3 rings (SSSR count). The van der Waals surface area contributed by atoms with Crippen molar-refractivity contribution < 1.29 is 9.47 Å². The van der Waals surface area contributed by atoms with Crippen LogP contribution in [0.1, 0.15) is 23.6 Å². The first kappa shape index (κ1) is 24.4. The predicted molar refractivity (Wildman–Crippen MR) is 130 cm³/mol. The summed E-state index contributed by atoms with van der Waals surface area (Å²) in [6, 6.07) is 12.5. The van der Waals surface area contributed by atoms with Crippen molar-refractivity contribution in [2.45, 2.75) is 26.6 Å². The van der Waals surface area contributed by atoms with Gasteiger partial charge >= 0.3 is 0 Å². The molecule has 0 radical (unpaired) electrons. The molecule has 30 heavy (non-hydrogen) atoms. The maximum Gasteiger partial charge on any atom is 0.218 e. The first-order valence-electron chi connectivity index (χ1n) is 10.2. The van der Waals surface area contributed by atoms with E-state index in [1.807, 2.05) is 12.1 Å². The first-order chi connectivity index (χ1) is 14.3. The van der Waals surface area contributed by atoms with Crippen molar-refractivity contribution in [3.8, 4) is 5.88 Å². The summed E-state index contributed by atoms with van der Waals surface area (Å²) >= 11 is 0. The fourth-order valence-electron chi connectivity index (χ4n) is 3.30. The van der Waals surface area contributed by atoms with Gasteiger partial charge in [-0.1, -0.05) is 30.3 Å². The summed E-state index contributed by atoms with van der Waals surface area (Å²) in [6.07, 6.45) is 1.72. The molecule has 164 valence electrons. The maximum atomic E-state index is 5.46. The van der Waals surface area contributed by atoms with E-state index in [-0.39, 0.29) is 24.0 Å². The van der Waals surface area contributed by atoms with Crippen molar-refractivity contribution in [2.75, 3.05) is 40.0 Å². The molecule has 7 nitrogen and oxygen atoms in total. The molecule has 0 atom stereocenters. The van der Waals surface area contributed by atoms with Gasteiger partial charge in [0, 0.05) is 44.5 Å². The quantitative estimate of drug-likeness (QED) is 0.314. The Balaban J connectivity index is 0.00000320. The number of nitrogens with one attached hydrogen (secondary N) is 2. The van der Waals surface area contributed by atoms with Gasteiger partial charge in [0.15, 0.2) is 5.96 Å². The summed E-state index contributed by atoms with van der Waals surface area (Å²) in [4.78, 5) is 11.4. The second-order valence-corrected chi connectivity index (χ2v) is 6.88. The lowest BCUT2D eigenvalue weighted by Gasteiger charge is -2.27. The molecule has 0 amide bonds. The normalized spacial score (nSPS) is 14.7. The Morgan fingerprint density at radius 1 is 1.10 bits per heavy atom. The Labute approximate surface area is 196 Å². The van der Waals surface area contributed by atoms with E-state index < -0.39 is 0 Å². The van der Waals surface area contributed by atoms with E-state index in [4.69, 9.17) is 14.5 Å². The number of hydrogen-bond donors (Lipinski definition) is 2. The fourth-order valence-corrected chi connectivity index (χ4v) is 3.30. The van der Waals surface area contributed by atoms with Crippen LogP contribution in [0, 0.1) is 0 Å². The third kappa shape index (κ3) is 7.41. The molecule has 2 N–H and O–H groups in total. The number of hydrogen-bond acceptors (Lipinski definition) is 5. The van der Waals surface area contributed by atoms with E-state index in [1.54, 1.807) is 13.3 Å². The highest BCUT2D eigenvalue weighted by Gasteiger charge is 2.13. The molecule has 0 aliphatic carbocycles. The molecule has 1 aliphatic heterocycles. The molecule has 0 unspecified atom stereocenters. The molecule has 2 aromatic rings. The van der Waals surface area contributed by atoms with E-state index in [9.17, 15) is 0 Å². The van der Waals surface area contributed by atoms with Crippen LogP contribution in [0.25, 0.3) is 0 Å². The zero-order valence-corrected chi connectivity index (χ0v) is 20.1. The first-order valence-corrected chi connectivity index (χ1v) is 10.2. The smallest absolute Gasteiger partial charge is 0.218 e. The van der Waals surface area contributed by atoms with Gasteiger partial charge < -0.3 is 20.1 Å². The zero-order chi connectivity index (χ0) is 20.3. The maximum absolute atomic E-state index is 5.46. The second kappa shape index (κ2) is 13.4. The van der Waals surface area contributed by atoms with Gasteiger partial charge in [-0.3, -0.25) is 4.90 Å². The van der Waals surface area contributed by atoms with E-state index >= 15 is 0 Å². The molecule has 0 spiro atoms. The summed E-state index contributed by atoms with van der Waals surface area (Å²) in [7, 11) is 1.63. The van der Waals surface area contributed by atoms with Crippen molar-refractivity contribution in [1.29, 1.82) is 0 Å². The molecule has 1 aromatic heterocycles. The highest BCUT2D eigenvalue weighted by Crippen LogP contribution is 2.15. The Morgan fingerprint density at radius 3 is 2.57 bits per heavy atom. The number of aliphatic imine (C=N–C) groups is 1. The number of guanidine groups is 1. The summed E-state index contributed by atoms with van der Waals surface area (Å²) in [5, 5.41) is 6.77. The van der Waals surface area contributed by atoms with Gasteiger partial charge in [-0.2, -0.15) is 0 Å². The van der Waals surface area contributed by atoms with E-state index in [0.29, 0.717) is 12.4 Å². The lowest BCUT2D eigenvalue weighted by atomic mass is 10.1. The van der Waals surface area contributed by atoms with E-state index in [1.165, 1.54) is 11.1 Å². The van der Waals surface area contributed by atoms with E-state index in [0.717, 1.165) is 57.5 Å². The molecule has 0 bridgehead atoms. The van der Waals surface area contributed by atoms with Crippen LogP contribution >= 0.6 is 24.0 Å². The van der Waals surface area contributed by atoms with Crippen LogP contribution in [0.2, 0.25) is 0 Å². The zero-order valence-electron chi connectivity index (χ0n) is 17.8. The summed E-state index contributed by atoms with van der Waals surface area (Å²) in [5.41, 5.74) is 3.58. The molecule has 1 fully saturated rings. The van der Waals surface area contributed by atoms with Crippen LogP contribution in [0.5, 0.6) is 5.88 Å². The van der Waals surface area contributed by atoms with Crippen LogP contribution in [0.3, 0.4) is 0 Å². The summed E-state index contributed by atoms with van der Waals surface area (Å²) in [6.45, 7) is 8.63. The van der Waals surface area contributed by atoms with Gasteiger partial charge in [-0.05, 0) is 24.1 Å². The third-order valence-corrected chi connectivity index (χ3v) is 4.86. The number of benzene rings is 1. The second-order valence-electron chi connectivity index (χ2n) is 6.88. The number of halogens is 1.